The minimum atomic E-state index is -4.59. The Morgan fingerprint density at radius 2 is 1.90 bits per heavy atom. The van der Waals surface area contributed by atoms with Crippen molar-refractivity contribution in [3.63, 3.8) is 0 Å². The minimum absolute atomic E-state index is 0.0700. The molecule has 2 aromatic carbocycles. The number of halogens is 4. The molecule has 156 valence electrons. The van der Waals surface area contributed by atoms with Gasteiger partial charge in [0.1, 0.15) is 12.3 Å². The predicted octanol–water partition coefficient (Wildman–Crippen LogP) is 4.23. The molecule has 6 nitrogen and oxygen atoms in total. The number of amides is 1. The Morgan fingerprint density at radius 3 is 2.60 bits per heavy atom. The lowest BCUT2D eigenvalue weighted by molar-refractivity contribution is -0.137. The van der Waals surface area contributed by atoms with Crippen LogP contribution in [0.25, 0.3) is 11.3 Å². The molecule has 0 fully saturated rings. The molecular weight excluding hydrogens is 423 g/mol. The fourth-order valence-electron chi connectivity index (χ4n) is 2.69. The summed E-state index contributed by atoms with van der Waals surface area (Å²) in [6, 6.07) is 12.3. The number of hydrogen-bond donors (Lipinski definition) is 1. The predicted molar refractivity (Wildman–Crippen MR) is 106 cm³/mol. The molecule has 0 radical (unpaired) electrons. The number of hydrogen-bond acceptors (Lipinski definition) is 4. The Labute approximate surface area is 173 Å². The highest BCUT2D eigenvalue weighted by molar-refractivity contribution is 6.33. The van der Waals surface area contributed by atoms with Crippen LogP contribution in [0.2, 0.25) is 5.02 Å². The number of aromatic nitrogens is 2. The molecule has 10 heteroatoms. The summed E-state index contributed by atoms with van der Waals surface area (Å²) in [6.07, 6.45) is -4.59. The number of carbonyl (C=O) groups is 1. The maximum Gasteiger partial charge on any atom is 0.416 e. The molecule has 1 heterocycles. The van der Waals surface area contributed by atoms with Crippen LogP contribution in [-0.4, -0.2) is 22.8 Å². The fourth-order valence-corrected chi connectivity index (χ4v) is 2.85. The van der Waals surface area contributed by atoms with E-state index in [1.165, 1.54) is 19.2 Å². The van der Waals surface area contributed by atoms with Gasteiger partial charge in [0.05, 0.1) is 29.1 Å². The first-order valence-electron chi connectivity index (χ1n) is 8.57. The van der Waals surface area contributed by atoms with Crippen LogP contribution in [0.3, 0.4) is 0 Å². The van der Waals surface area contributed by atoms with Gasteiger partial charge >= 0.3 is 6.18 Å². The van der Waals surface area contributed by atoms with Crippen molar-refractivity contribution >= 4 is 23.2 Å². The van der Waals surface area contributed by atoms with E-state index in [1.807, 2.05) is 0 Å². The summed E-state index contributed by atoms with van der Waals surface area (Å²) in [5.41, 5.74) is -0.743. The highest BCUT2D eigenvalue weighted by Crippen LogP contribution is 2.33. The van der Waals surface area contributed by atoms with Crippen LogP contribution in [-0.2, 0) is 17.5 Å². The van der Waals surface area contributed by atoms with E-state index in [9.17, 15) is 22.8 Å². The monoisotopic (exact) mass is 437 g/mol. The van der Waals surface area contributed by atoms with Gasteiger partial charge in [-0.1, -0.05) is 23.7 Å². The fraction of sp³-hybridized carbons (Fsp3) is 0.150. The number of methoxy groups -OCH3 is 1. The molecule has 0 aliphatic rings. The smallest absolute Gasteiger partial charge is 0.416 e. The highest BCUT2D eigenvalue weighted by atomic mass is 35.5. The van der Waals surface area contributed by atoms with Gasteiger partial charge in [0.2, 0.25) is 5.91 Å². The van der Waals surface area contributed by atoms with Crippen molar-refractivity contribution in [1.29, 1.82) is 0 Å². The number of carbonyl (C=O) groups excluding carboxylic acids is 1. The number of anilines is 1. The van der Waals surface area contributed by atoms with Gasteiger partial charge in [-0.05, 0) is 36.4 Å². The average molecular weight is 438 g/mol. The van der Waals surface area contributed by atoms with Crippen molar-refractivity contribution < 1.29 is 22.7 Å². The number of ether oxygens (including phenoxy) is 1. The lowest BCUT2D eigenvalue weighted by atomic mass is 10.1. The van der Waals surface area contributed by atoms with E-state index in [4.69, 9.17) is 16.3 Å². The second-order valence-electron chi connectivity index (χ2n) is 6.16. The Balaban J connectivity index is 1.85. The molecule has 0 unspecified atom stereocenters. The molecule has 0 bridgehead atoms. The number of para-hydroxylation sites is 1. The van der Waals surface area contributed by atoms with Crippen LogP contribution in [0.15, 0.2) is 59.4 Å². The zero-order valence-corrected chi connectivity index (χ0v) is 16.3. The second-order valence-corrected chi connectivity index (χ2v) is 6.56. The second kappa shape index (κ2) is 8.58. The minimum Gasteiger partial charge on any atom is -0.496 e. The molecular formula is C20H15ClF3N3O3. The number of alkyl halides is 3. The zero-order valence-electron chi connectivity index (χ0n) is 15.5. The van der Waals surface area contributed by atoms with Crippen LogP contribution in [0.1, 0.15) is 5.56 Å². The summed E-state index contributed by atoms with van der Waals surface area (Å²) in [5.74, 6) is -0.238. The maximum atomic E-state index is 12.9. The molecule has 0 aliphatic heterocycles. The quantitative estimate of drug-likeness (QED) is 0.648. The Morgan fingerprint density at radius 1 is 1.17 bits per heavy atom. The lowest BCUT2D eigenvalue weighted by Gasteiger charge is -2.13. The van der Waals surface area contributed by atoms with Crippen molar-refractivity contribution in [3.8, 4) is 17.0 Å². The molecule has 0 aliphatic carbocycles. The van der Waals surface area contributed by atoms with Crippen molar-refractivity contribution in [3.05, 3.63) is 75.5 Å². The average Bonchev–Trinajstić information content (AvgIpc) is 2.70. The summed E-state index contributed by atoms with van der Waals surface area (Å²) in [5, 5.41) is 6.38. The SMILES string of the molecule is COc1ccccc1-c1ccc(=O)n(CC(=O)Nc2cc(C(F)(F)F)ccc2Cl)n1. The van der Waals surface area contributed by atoms with Crippen molar-refractivity contribution in [2.24, 2.45) is 0 Å². The molecule has 0 spiro atoms. The summed E-state index contributed by atoms with van der Waals surface area (Å²) in [6.45, 7) is -0.519. The molecule has 30 heavy (non-hydrogen) atoms. The third kappa shape index (κ3) is 4.80. The molecule has 3 aromatic rings. The first-order valence-corrected chi connectivity index (χ1v) is 8.95. The number of nitrogens with zero attached hydrogens (tertiary/aromatic N) is 2. The molecule has 1 amide bonds. The number of rotatable bonds is 5. The molecule has 1 aromatic heterocycles. The van der Waals surface area contributed by atoms with Gasteiger partial charge in [0, 0.05) is 11.6 Å². The van der Waals surface area contributed by atoms with E-state index >= 15 is 0 Å². The van der Waals surface area contributed by atoms with E-state index in [2.05, 4.69) is 10.4 Å². The third-order valence-corrected chi connectivity index (χ3v) is 4.44. The topological polar surface area (TPSA) is 73.2 Å². The lowest BCUT2D eigenvalue weighted by Crippen LogP contribution is -2.29. The van der Waals surface area contributed by atoms with Crippen LogP contribution >= 0.6 is 11.6 Å². The zero-order chi connectivity index (χ0) is 21.9. The Kier molecular flexibility index (Phi) is 6.12. The van der Waals surface area contributed by atoms with Crippen molar-refractivity contribution in [1.82, 2.24) is 9.78 Å². The number of benzene rings is 2. The van der Waals surface area contributed by atoms with E-state index < -0.39 is 29.8 Å². The van der Waals surface area contributed by atoms with Crippen LogP contribution in [0.4, 0.5) is 18.9 Å². The first-order chi connectivity index (χ1) is 14.2. The summed E-state index contributed by atoms with van der Waals surface area (Å²) in [4.78, 5) is 24.5. The van der Waals surface area contributed by atoms with Crippen molar-refractivity contribution in [2.45, 2.75) is 12.7 Å². The van der Waals surface area contributed by atoms with Gasteiger partial charge in [-0.3, -0.25) is 9.59 Å². The third-order valence-electron chi connectivity index (χ3n) is 4.11. The summed E-state index contributed by atoms with van der Waals surface area (Å²) >= 11 is 5.88. The van der Waals surface area contributed by atoms with Crippen molar-refractivity contribution in [2.75, 3.05) is 12.4 Å². The normalized spacial score (nSPS) is 11.2. The first kappa shape index (κ1) is 21.4. The standard InChI is InChI=1S/C20H15ClF3N3O3/c1-30-17-5-3-2-4-13(17)15-8-9-19(29)27(26-15)11-18(28)25-16-10-12(20(22,23)24)6-7-14(16)21/h2-10H,11H2,1H3,(H,25,28). The number of nitrogens with one attached hydrogen (secondary N) is 1. The van der Waals surface area contributed by atoms with Gasteiger partial charge in [0.15, 0.2) is 0 Å². The highest BCUT2D eigenvalue weighted by Gasteiger charge is 2.31. The van der Waals surface area contributed by atoms with Gasteiger partial charge in [0.25, 0.3) is 5.56 Å². The summed E-state index contributed by atoms with van der Waals surface area (Å²) in [7, 11) is 1.49. The van der Waals surface area contributed by atoms with E-state index in [-0.39, 0.29) is 10.7 Å². The maximum absolute atomic E-state index is 12.9. The van der Waals surface area contributed by atoms with E-state index in [0.717, 1.165) is 22.9 Å². The van der Waals surface area contributed by atoms with Gasteiger partial charge in [-0.15, -0.1) is 0 Å². The summed E-state index contributed by atoms with van der Waals surface area (Å²) < 4.78 is 44.8. The largest absolute Gasteiger partial charge is 0.496 e. The molecule has 0 saturated heterocycles. The van der Waals surface area contributed by atoms with Gasteiger partial charge < -0.3 is 10.1 Å². The van der Waals surface area contributed by atoms with Gasteiger partial charge in [-0.25, -0.2) is 4.68 Å². The molecule has 1 N–H and O–H groups in total. The Hall–Kier alpha value is -3.33. The van der Waals surface area contributed by atoms with E-state index in [1.54, 1.807) is 24.3 Å². The van der Waals surface area contributed by atoms with Crippen LogP contribution < -0.4 is 15.6 Å². The van der Waals surface area contributed by atoms with E-state index in [0.29, 0.717) is 17.0 Å². The van der Waals surface area contributed by atoms with Crippen LogP contribution in [0, 0.1) is 0 Å². The Bertz CT molecular complexity index is 1150. The molecule has 0 atom stereocenters. The molecule has 0 saturated carbocycles. The van der Waals surface area contributed by atoms with Gasteiger partial charge in [-0.2, -0.15) is 18.3 Å². The van der Waals surface area contributed by atoms with Crippen LogP contribution in [0.5, 0.6) is 5.75 Å². The molecule has 3 rings (SSSR count).